The Morgan fingerprint density at radius 3 is 1.56 bits per heavy atom. The first-order chi connectivity index (χ1) is 8.72. The average Bonchev–Trinajstić information content (AvgIpc) is 2.42. The average molecular weight is 258 g/mol. The van der Waals surface area contributed by atoms with Gasteiger partial charge in [-0.1, -0.05) is 75.8 Å². The van der Waals surface area contributed by atoms with Gasteiger partial charge >= 0.3 is 5.97 Å². The third kappa shape index (κ3) is 5.97. The van der Waals surface area contributed by atoms with Crippen molar-refractivity contribution in [1.29, 1.82) is 0 Å². The van der Waals surface area contributed by atoms with E-state index in [1.165, 1.54) is 10.6 Å². The molecule has 0 spiro atoms. The Balaban J connectivity index is 0.000000280. The minimum absolute atomic E-state index is 0.777. The van der Waals surface area contributed by atoms with E-state index in [1.807, 2.05) is 0 Å². The number of carbonyl (C=O) groups is 1. The van der Waals surface area contributed by atoms with Crippen LogP contribution in [-0.2, 0) is 4.79 Å². The van der Waals surface area contributed by atoms with Gasteiger partial charge in [0.05, 0.1) is 0 Å². The second-order valence-corrected chi connectivity index (χ2v) is 4.80. The fourth-order valence-corrected chi connectivity index (χ4v) is 2.26. The number of hydrogen-bond acceptors (Lipinski definition) is 1. The number of carboxylic acid groups (broad SMARTS) is 1. The van der Waals surface area contributed by atoms with Crippen LogP contribution >= 0.6 is 8.58 Å². The maximum atomic E-state index is 9.25. The highest BCUT2D eigenvalue weighted by Crippen LogP contribution is 2.08. The van der Waals surface area contributed by atoms with Gasteiger partial charge in [0, 0.05) is 6.08 Å². The van der Waals surface area contributed by atoms with E-state index in [0.717, 1.165) is 14.7 Å². The number of rotatable bonds is 3. The maximum absolute atomic E-state index is 9.25. The number of carboxylic acids is 1. The zero-order valence-corrected chi connectivity index (χ0v) is 10.9. The summed E-state index contributed by atoms with van der Waals surface area (Å²) in [6.07, 6.45) is 0.833. The van der Waals surface area contributed by atoms with E-state index < -0.39 is 5.97 Å². The molecule has 0 radical (unpaired) electrons. The van der Waals surface area contributed by atoms with Gasteiger partial charge in [-0.05, 0) is 10.6 Å². The van der Waals surface area contributed by atoms with Crippen LogP contribution in [0.1, 0.15) is 0 Å². The summed E-state index contributed by atoms with van der Waals surface area (Å²) in [5.74, 6) is -0.981. The maximum Gasteiger partial charge on any atom is 0.327 e. The summed E-state index contributed by atoms with van der Waals surface area (Å²) in [6.45, 7) is 2.96. The van der Waals surface area contributed by atoms with E-state index >= 15 is 0 Å². The third-order valence-corrected chi connectivity index (χ3v) is 3.25. The van der Waals surface area contributed by atoms with Crippen molar-refractivity contribution >= 4 is 25.2 Å². The first kappa shape index (κ1) is 14.1. The van der Waals surface area contributed by atoms with Crippen molar-refractivity contribution in [2.24, 2.45) is 0 Å². The van der Waals surface area contributed by atoms with Crippen molar-refractivity contribution in [1.82, 2.24) is 0 Å². The van der Waals surface area contributed by atoms with Crippen molar-refractivity contribution in [3.63, 3.8) is 0 Å². The molecule has 0 saturated carbocycles. The van der Waals surface area contributed by atoms with Crippen molar-refractivity contribution in [3.8, 4) is 0 Å². The molecule has 0 aliphatic carbocycles. The summed E-state index contributed by atoms with van der Waals surface area (Å²) >= 11 is 0. The first-order valence-electron chi connectivity index (χ1n) is 5.45. The summed E-state index contributed by atoms with van der Waals surface area (Å²) < 4.78 is 0. The Morgan fingerprint density at radius 2 is 1.28 bits per heavy atom. The SMILES string of the molecule is C=CC(=O)O.c1ccc(Pc2ccccc2)cc1. The van der Waals surface area contributed by atoms with Crippen molar-refractivity contribution < 1.29 is 9.90 Å². The van der Waals surface area contributed by atoms with E-state index in [-0.39, 0.29) is 0 Å². The van der Waals surface area contributed by atoms with E-state index in [2.05, 4.69) is 67.2 Å². The summed E-state index contributed by atoms with van der Waals surface area (Å²) in [5, 5.41) is 10.4. The predicted octanol–water partition coefficient (Wildman–Crippen LogP) is 2.57. The lowest BCUT2D eigenvalue weighted by Crippen LogP contribution is -2.01. The number of aliphatic carboxylic acids is 1. The molecule has 2 aromatic carbocycles. The summed E-state index contributed by atoms with van der Waals surface area (Å²) in [7, 11) is 0.777. The zero-order chi connectivity index (χ0) is 13.2. The lowest BCUT2D eigenvalue weighted by molar-refractivity contribution is -0.131. The highest BCUT2D eigenvalue weighted by atomic mass is 31.1. The molecular formula is C15H15O2P. The molecule has 0 bridgehead atoms. The third-order valence-electron chi connectivity index (χ3n) is 2.01. The molecule has 1 N–H and O–H groups in total. The van der Waals surface area contributed by atoms with Crippen LogP contribution in [0.3, 0.4) is 0 Å². The molecule has 92 valence electrons. The smallest absolute Gasteiger partial charge is 0.327 e. The fraction of sp³-hybridized carbons (Fsp3) is 0. The Labute approximate surface area is 109 Å². The van der Waals surface area contributed by atoms with E-state index in [9.17, 15) is 4.79 Å². The Morgan fingerprint density at radius 1 is 0.944 bits per heavy atom. The molecule has 0 fully saturated rings. The summed E-state index contributed by atoms with van der Waals surface area (Å²) in [6, 6.07) is 21.2. The van der Waals surface area contributed by atoms with E-state index in [4.69, 9.17) is 5.11 Å². The minimum atomic E-state index is -0.981. The van der Waals surface area contributed by atoms with Gasteiger partial charge in [-0.25, -0.2) is 4.79 Å². The molecule has 0 aliphatic rings. The molecule has 18 heavy (non-hydrogen) atoms. The molecule has 2 rings (SSSR count). The molecule has 0 unspecified atom stereocenters. The van der Waals surface area contributed by atoms with Crippen LogP contribution in [0.5, 0.6) is 0 Å². The van der Waals surface area contributed by atoms with Crippen LogP contribution in [0, 0.1) is 0 Å². The van der Waals surface area contributed by atoms with Crippen LogP contribution in [0.2, 0.25) is 0 Å². The lowest BCUT2D eigenvalue weighted by atomic mass is 10.4. The van der Waals surface area contributed by atoms with Gasteiger partial charge in [-0.2, -0.15) is 0 Å². The second kappa shape index (κ2) is 8.21. The molecule has 0 aliphatic heterocycles. The molecular weight excluding hydrogens is 243 g/mol. The molecule has 0 saturated heterocycles. The van der Waals surface area contributed by atoms with E-state index in [0.29, 0.717) is 0 Å². The van der Waals surface area contributed by atoms with Gasteiger partial charge in [0.1, 0.15) is 0 Å². The normalized spacial score (nSPS) is 8.89. The van der Waals surface area contributed by atoms with Gasteiger partial charge in [0.15, 0.2) is 0 Å². The lowest BCUT2D eigenvalue weighted by Gasteiger charge is -2.00. The molecule has 0 aromatic heterocycles. The predicted molar refractivity (Wildman–Crippen MR) is 78.3 cm³/mol. The Bertz CT molecular complexity index is 443. The molecule has 0 amide bonds. The fourth-order valence-electron chi connectivity index (χ4n) is 1.21. The van der Waals surface area contributed by atoms with Gasteiger partial charge < -0.3 is 5.11 Å². The highest BCUT2D eigenvalue weighted by Gasteiger charge is 1.92. The topological polar surface area (TPSA) is 37.3 Å². The van der Waals surface area contributed by atoms with E-state index in [1.54, 1.807) is 0 Å². The highest BCUT2D eigenvalue weighted by molar-refractivity contribution is 7.55. The largest absolute Gasteiger partial charge is 0.478 e. The van der Waals surface area contributed by atoms with Gasteiger partial charge in [-0.15, -0.1) is 0 Å². The van der Waals surface area contributed by atoms with Crippen LogP contribution in [0.25, 0.3) is 0 Å². The van der Waals surface area contributed by atoms with Crippen LogP contribution in [0.15, 0.2) is 73.3 Å². The van der Waals surface area contributed by atoms with Crippen LogP contribution in [-0.4, -0.2) is 11.1 Å². The van der Waals surface area contributed by atoms with Gasteiger partial charge in [0.2, 0.25) is 0 Å². The number of hydrogen-bond donors (Lipinski definition) is 1. The van der Waals surface area contributed by atoms with Crippen LogP contribution in [0.4, 0.5) is 0 Å². The first-order valence-corrected chi connectivity index (χ1v) is 6.45. The van der Waals surface area contributed by atoms with Gasteiger partial charge in [-0.3, -0.25) is 0 Å². The summed E-state index contributed by atoms with van der Waals surface area (Å²) in [4.78, 5) is 9.25. The second-order valence-electron chi connectivity index (χ2n) is 3.40. The monoisotopic (exact) mass is 258 g/mol. The van der Waals surface area contributed by atoms with Crippen molar-refractivity contribution in [2.45, 2.75) is 0 Å². The molecule has 3 heteroatoms. The molecule has 0 heterocycles. The Hall–Kier alpha value is -1.92. The van der Waals surface area contributed by atoms with Crippen molar-refractivity contribution in [2.75, 3.05) is 0 Å². The zero-order valence-electron chi connectivity index (χ0n) is 9.91. The molecule has 2 nitrogen and oxygen atoms in total. The molecule has 2 aromatic rings. The van der Waals surface area contributed by atoms with Crippen molar-refractivity contribution in [3.05, 3.63) is 73.3 Å². The standard InChI is InChI=1S/C12H11P.C3H4O2/c1-3-7-11(8-4-1)13-12-9-5-2-6-10-12;1-2-3(4)5/h1-10,13H;2H,1H2,(H,4,5). The quantitative estimate of drug-likeness (QED) is 0.678. The van der Waals surface area contributed by atoms with Crippen LogP contribution < -0.4 is 10.6 Å². The summed E-state index contributed by atoms with van der Waals surface area (Å²) in [5.41, 5.74) is 0. The Kier molecular flexibility index (Phi) is 6.45. The number of benzene rings is 2. The minimum Gasteiger partial charge on any atom is -0.478 e. The van der Waals surface area contributed by atoms with Gasteiger partial charge in [0.25, 0.3) is 0 Å². The molecule has 0 atom stereocenters.